The van der Waals surface area contributed by atoms with E-state index < -0.39 is 11.6 Å². The van der Waals surface area contributed by atoms with Crippen molar-refractivity contribution in [3.05, 3.63) is 35.6 Å². The van der Waals surface area contributed by atoms with E-state index in [4.69, 9.17) is 0 Å². The number of halogens is 1. The van der Waals surface area contributed by atoms with Crippen LogP contribution in [0.2, 0.25) is 0 Å². The van der Waals surface area contributed by atoms with Crippen LogP contribution in [0.1, 0.15) is 38.2 Å². The van der Waals surface area contributed by atoms with Gasteiger partial charge < -0.3 is 15.7 Å². The van der Waals surface area contributed by atoms with Crippen LogP contribution in [-0.2, 0) is 5.54 Å². The van der Waals surface area contributed by atoms with Gasteiger partial charge in [0.15, 0.2) is 0 Å². The Kier molecular flexibility index (Phi) is 4.60. The highest BCUT2D eigenvalue weighted by atomic mass is 19.1. The number of aliphatic hydroxyl groups excluding tert-OH is 1. The summed E-state index contributed by atoms with van der Waals surface area (Å²) in [6.45, 7) is 1.81. The maximum absolute atomic E-state index is 13.4. The number of rotatable bonds is 4. The first kappa shape index (κ1) is 14.8. The zero-order chi connectivity index (χ0) is 14.6. The Morgan fingerprint density at radius 2 is 2.15 bits per heavy atom. The average Bonchev–Trinajstić information content (AvgIpc) is 2.86. The van der Waals surface area contributed by atoms with Gasteiger partial charge in [0.25, 0.3) is 0 Å². The van der Waals surface area contributed by atoms with E-state index in [1.807, 2.05) is 6.07 Å². The van der Waals surface area contributed by atoms with Crippen molar-refractivity contribution in [2.45, 2.75) is 44.2 Å². The fraction of sp³-hybridized carbons (Fsp3) is 0.533. The van der Waals surface area contributed by atoms with E-state index in [9.17, 15) is 14.3 Å². The van der Waals surface area contributed by atoms with E-state index in [1.165, 1.54) is 12.1 Å². The first-order valence-electron chi connectivity index (χ1n) is 7.02. The molecule has 0 heterocycles. The van der Waals surface area contributed by atoms with Crippen LogP contribution in [0, 0.1) is 5.82 Å². The van der Waals surface area contributed by atoms with Crippen LogP contribution in [0.25, 0.3) is 0 Å². The third kappa shape index (κ3) is 3.48. The topological polar surface area (TPSA) is 61.4 Å². The number of benzene rings is 1. The molecule has 1 aromatic rings. The van der Waals surface area contributed by atoms with Gasteiger partial charge in [-0.15, -0.1) is 0 Å². The van der Waals surface area contributed by atoms with Gasteiger partial charge in [0.1, 0.15) is 5.82 Å². The van der Waals surface area contributed by atoms with Gasteiger partial charge in [0.2, 0.25) is 0 Å². The third-order valence-corrected chi connectivity index (χ3v) is 3.75. The summed E-state index contributed by atoms with van der Waals surface area (Å²) in [5.74, 6) is -0.292. The number of amides is 2. The maximum Gasteiger partial charge on any atom is 0.315 e. The van der Waals surface area contributed by atoms with Gasteiger partial charge in [-0.1, -0.05) is 25.0 Å². The number of carbonyl (C=O) groups excluding carboxylic acids is 1. The van der Waals surface area contributed by atoms with Gasteiger partial charge in [0.05, 0.1) is 11.6 Å². The predicted octanol–water partition coefficient (Wildman–Crippen LogP) is 2.28. The number of nitrogens with one attached hydrogen (secondary N) is 2. The van der Waals surface area contributed by atoms with Gasteiger partial charge in [-0.05, 0) is 37.5 Å². The molecular formula is C15H21FN2O2. The van der Waals surface area contributed by atoms with Crippen LogP contribution in [0.5, 0.6) is 0 Å². The summed E-state index contributed by atoms with van der Waals surface area (Å²) in [4.78, 5) is 11.9. The Hall–Kier alpha value is -1.62. The Morgan fingerprint density at radius 3 is 2.75 bits per heavy atom. The lowest BCUT2D eigenvalue weighted by Gasteiger charge is -2.31. The summed E-state index contributed by atoms with van der Waals surface area (Å²) in [6, 6.07) is 6.08. The fourth-order valence-electron chi connectivity index (χ4n) is 2.75. The minimum Gasteiger partial charge on any atom is -0.392 e. The number of hydrogen-bond donors (Lipinski definition) is 3. The molecule has 0 radical (unpaired) electrons. The van der Waals surface area contributed by atoms with Crippen LogP contribution in [0.4, 0.5) is 9.18 Å². The molecule has 5 heteroatoms. The second-order valence-electron chi connectivity index (χ2n) is 5.48. The maximum atomic E-state index is 13.4. The lowest BCUT2D eigenvalue weighted by molar-refractivity contribution is 0.183. The van der Waals surface area contributed by atoms with E-state index in [-0.39, 0.29) is 18.4 Å². The largest absolute Gasteiger partial charge is 0.392 e. The fourth-order valence-corrected chi connectivity index (χ4v) is 2.75. The van der Waals surface area contributed by atoms with Crippen LogP contribution in [0.3, 0.4) is 0 Å². The third-order valence-electron chi connectivity index (χ3n) is 3.75. The lowest BCUT2D eigenvalue weighted by Crippen LogP contribution is -2.49. The molecule has 0 aliphatic heterocycles. The van der Waals surface area contributed by atoms with E-state index >= 15 is 0 Å². The molecule has 110 valence electrons. The number of carbonyl (C=O) groups is 1. The second kappa shape index (κ2) is 6.22. The van der Waals surface area contributed by atoms with Crippen molar-refractivity contribution in [3.63, 3.8) is 0 Å². The summed E-state index contributed by atoms with van der Waals surface area (Å²) in [7, 11) is 0. The van der Waals surface area contributed by atoms with Crippen LogP contribution < -0.4 is 10.6 Å². The summed E-state index contributed by atoms with van der Waals surface area (Å²) >= 11 is 0. The summed E-state index contributed by atoms with van der Waals surface area (Å²) in [6.07, 6.45) is 3.03. The molecular weight excluding hydrogens is 259 g/mol. The van der Waals surface area contributed by atoms with E-state index in [0.717, 1.165) is 31.2 Å². The van der Waals surface area contributed by atoms with Crippen molar-refractivity contribution in [1.82, 2.24) is 10.6 Å². The molecule has 2 amide bonds. The SMILES string of the molecule is CC(O)CNC(=O)NC1(c2cccc(F)c2)CCCC1. The number of urea groups is 1. The van der Waals surface area contributed by atoms with Crippen LogP contribution >= 0.6 is 0 Å². The van der Waals surface area contributed by atoms with E-state index in [2.05, 4.69) is 10.6 Å². The van der Waals surface area contributed by atoms with Crippen molar-refractivity contribution in [2.24, 2.45) is 0 Å². The molecule has 2 rings (SSSR count). The quantitative estimate of drug-likeness (QED) is 0.792. The van der Waals surface area contributed by atoms with Crippen molar-refractivity contribution >= 4 is 6.03 Å². The zero-order valence-electron chi connectivity index (χ0n) is 11.7. The van der Waals surface area contributed by atoms with Crippen molar-refractivity contribution < 1.29 is 14.3 Å². The number of aliphatic hydroxyl groups is 1. The van der Waals surface area contributed by atoms with E-state index in [1.54, 1.807) is 13.0 Å². The minimum absolute atomic E-state index is 0.199. The highest BCUT2D eigenvalue weighted by Crippen LogP contribution is 2.38. The normalized spacial score (nSPS) is 18.6. The average molecular weight is 280 g/mol. The van der Waals surface area contributed by atoms with Crippen LogP contribution in [-0.4, -0.2) is 23.8 Å². The molecule has 0 saturated heterocycles. The molecule has 3 N–H and O–H groups in total. The molecule has 1 atom stereocenters. The molecule has 1 unspecified atom stereocenters. The molecule has 1 aromatic carbocycles. The van der Waals surface area contributed by atoms with Crippen LogP contribution in [0.15, 0.2) is 24.3 Å². The molecule has 1 saturated carbocycles. The summed E-state index contributed by atoms with van der Waals surface area (Å²) < 4.78 is 13.4. The highest BCUT2D eigenvalue weighted by Gasteiger charge is 2.37. The molecule has 0 spiro atoms. The van der Waals surface area contributed by atoms with Gasteiger partial charge in [-0.3, -0.25) is 0 Å². The predicted molar refractivity (Wildman–Crippen MR) is 74.8 cm³/mol. The molecule has 4 nitrogen and oxygen atoms in total. The smallest absolute Gasteiger partial charge is 0.315 e. The van der Waals surface area contributed by atoms with Gasteiger partial charge >= 0.3 is 6.03 Å². The Balaban J connectivity index is 2.12. The second-order valence-corrected chi connectivity index (χ2v) is 5.48. The molecule has 0 aromatic heterocycles. The molecule has 1 aliphatic carbocycles. The molecule has 1 fully saturated rings. The van der Waals surface area contributed by atoms with Crippen molar-refractivity contribution in [2.75, 3.05) is 6.54 Å². The number of hydrogen-bond acceptors (Lipinski definition) is 2. The van der Waals surface area contributed by atoms with Gasteiger partial charge in [0, 0.05) is 6.54 Å². The lowest BCUT2D eigenvalue weighted by atomic mass is 9.88. The molecule has 1 aliphatic rings. The van der Waals surface area contributed by atoms with Gasteiger partial charge in [-0.25, -0.2) is 9.18 Å². The Bertz CT molecular complexity index is 471. The van der Waals surface area contributed by atoms with Crippen molar-refractivity contribution in [3.8, 4) is 0 Å². The van der Waals surface area contributed by atoms with Gasteiger partial charge in [-0.2, -0.15) is 0 Å². The minimum atomic E-state index is -0.588. The first-order valence-corrected chi connectivity index (χ1v) is 7.02. The highest BCUT2D eigenvalue weighted by molar-refractivity contribution is 5.75. The van der Waals surface area contributed by atoms with E-state index in [0.29, 0.717) is 0 Å². The van der Waals surface area contributed by atoms with Crippen molar-refractivity contribution in [1.29, 1.82) is 0 Å². The summed E-state index contributed by atoms with van der Waals surface area (Å²) in [5, 5.41) is 14.8. The standard InChI is InChI=1S/C15H21FN2O2/c1-11(19)10-17-14(20)18-15(7-2-3-8-15)12-5-4-6-13(16)9-12/h4-6,9,11,19H,2-3,7-8,10H2,1H3,(H2,17,18,20). The molecule has 0 bridgehead atoms. The summed E-state index contributed by atoms with van der Waals surface area (Å²) in [5.41, 5.74) is 0.312. The Morgan fingerprint density at radius 1 is 1.45 bits per heavy atom. The zero-order valence-corrected chi connectivity index (χ0v) is 11.7. The Labute approximate surface area is 118 Å². The molecule has 20 heavy (non-hydrogen) atoms. The first-order chi connectivity index (χ1) is 9.52. The monoisotopic (exact) mass is 280 g/mol.